The number of anilines is 1. The van der Waals surface area contributed by atoms with E-state index in [4.69, 9.17) is 4.74 Å². The number of amides is 1. The van der Waals surface area contributed by atoms with Crippen LogP contribution in [0.4, 0.5) is 5.69 Å². The van der Waals surface area contributed by atoms with E-state index in [1.165, 1.54) is 7.11 Å². The zero-order chi connectivity index (χ0) is 17.1. The van der Waals surface area contributed by atoms with Gasteiger partial charge in [-0.05, 0) is 36.2 Å². The summed E-state index contributed by atoms with van der Waals surface area (Å²) in [6.07, 6.45) is 2.11. The number of carbonyl (C=O) groups excluding carboxylic acids is 2. The van der Waals surface area contributed by atoms with Crippen LogP contribution in [-0.4, -0.2) is 24.0 Å². The summed E-state index contributed by atoms with van der Waals surface area (Å²) in [6.45, 7) is 1.88. The van der Waals surface area contributed by atoms with E-state index in [0.717, 1.165) is 22.0 Å². The molecular weight excluding hydrogens is 304 g/mol. The monoisotopic (exact) mass is 322 g/mol. The zero-order valence-corrected chi connectivity index (χ0v) is 13.6. The summed E-state index contributed by atoms with van der Waals surface area (Å²) >= 11 is 0. The molecule has 0 saturated heterocycles. The van der Waals surface area contributed by atoms with E-state index in [1.807, 2.05) is 37.4 Å². The molecule has 2 aromatic carbocycles. The van der Waals surface area contributed by atoms with Crippen molar-refractivity contribution in [3.8, 4) is 0 Å². The van der Waals surface area contributed by atoms with E-state index in [9.17, 15) is 9.59 Å². The van der Waals surface area contributed by atoms with Crippen molar-refractivity contribution in [1.29, 1.82) is 0 Å². The molecule has 0 radical (unpaired) electrons. The molecule has 122 valence electrons. The molecule has 0 spiro atoms. The van der Waals surface area contributed by atoms with Gasteiger partial charge in [0.15, 0.2) is 0 Å². The number of fused-ring (bicyclic) bond motifs is 1. The molecule has 1 heterocycles. The maximum atomic E-state index is 12.4. The van der Waals surface area contributed by atoms with Crippen LogP contribution in [0.15, 0.2) is 48.7 Å². The Morgan fingerprint density at radius 3 is 2.75 bits per heavy atom. The summed E-state index contributed by atoms with van der Waals surface area (Å²) in [5, 5.41) is 3.91. The molecule has 2 N–H and O–H groups in total. The van der Waals surface area contributed by atoms with Gasteiger partial charge in [-0.1, -0.05) is 24.3 Å². The van der Waals surface area contributed by atoms with Crippen LogP contribution in [0.3, 0.4) is 0 Å². The van der Waals surface area contributed by atoms with E-state index in [2.05, 4.69) is 10.3 Å². The highest BCUT2D eigenvalue weighted by Gasteiger charge is 2.12. The lowest BCUT2D eigenvalue weighted by atomic mass is 10.1. The number of aromatic nitrogens is 1. The summed E-state index contributed by atoms with van der Waals surface area (Å²) in [6, 6.07) is 12.9. The van der Waals surface area contributed by atoms with Gasteiger partial charge in [0.25, 0.3) is 0 Å². The average Bonchev–Trinajstić information content (AvgIpc) is 2.99. The van der Waals surface area contributed by atoms with Gasteiger partial charge in [-0.3, -0.25) is 4.79 Å². The standard InChI is InChI=1S/C19H18N2O3/c1-12-7-8-13(19(23)24-2)9-17(12)21-18(22)10-14-11-20-16-6-4-3-5-15(14)16/h3-9,11,20H,10H2,1-2H3,(H,21,22). The van der Waals surface area contributed by atoms with Crippen molar-refractivity contribution < 1.29 is 14.3 Å². The molecule has 1 aromatic heterocycles. The lowest BCUT2D eigenvalue weighted by Crippen LogP contribution is -2.15. The largest absolute Gasteiger partial charge is 0.465 e. The topological polar surface area (TPSA) is 71.2 Å². The van der Waals surface area contributed by atoms with E-state index < -0.39 is 5.97 Å². The first-order valence-corrected chi connectivity index (χ1v) is 7.62. The highest BCUT2D eigenvalue weighted by atomic mass is 16.5. The number of hydrogen-bond acceptors (Lipinski definition) is 3. The van der Waals surface area contributed by atoms with Crippen molar-refractivity contribution in [3.05, 3.63) is 65.4 Å². The van der Waals surface area contributed by atoms with Crippen molar-refractivity contribution in [1.82, 2.24) is 4.98 Å². The molecule has 0 atom stereocenters. The Labute approximate surface area is 139 Å². The number of rotatable bonds is 4. The van der Waals surface area contributed by atoms with Crippen molar-refractivity contribution >= 4 is 28.5 Å². The smallest absolute Gasteiger partial charge is 0.337 e. The minimum Gasteiger partial charge on any atom is -0.465 e. The summed E-state index contributed by atoms with van der Waals surface area (Å²) < 4.78 is 4.71. The van der Waals surface area contributed by atoms with Gasteiger partial charge in [0.2, 0.25) is 5.91 Å². The SMILES string of the molecule is COC(=O)c1ccc(C)c(NC(=O)Cc2c[nH]c3ccccc23)c1. The lowest BCUT2D eigenvalue weighted by molar-refractivity contribution is -0.115. The molecule has 24 heavy (non-hydrogen) atoms. The number of para-hydroxylation sites is 1. The van der Waals surface area contributed by atoms with Crippen molar-refractivity contribution in [2.24, 2.45) is 0 Å². The van der Waals surface area contributed by atoms with Crippen LogP contribution in [-0.2, 0) is 16.0 Å². The van der Waals surface area contributed by atoms with Gasteiger partial charge in [-0.25, -0.2) is 4.79 Å². The number of hydrogen-bond donors (Lipinski definition) is 2. The van der Waals surface area contributed by atoms with E-state index in [0.29, 0.717) is 11.3 Å². The number of methoxy groups -OCH3 is 1. The molecule has 0 unspecified atom stereocenters. The van der Waals surface area contributed by atoms with E-state index >= 15 is 0 Å². The molecule has 0 aliphatic rings. The minimum atomic E-state index is -0.429. The Morgan fingerprint density at radius 2 is 1.96 bits per heavy atom. The zero-order valence-electron chi connectivity index (χ0n) is 13.6. The molecule has 0 saturated carbocycles. The fraction of sp³-hybridized carbons (Fsp3) is 0.158. The quantitative estimate of drug-likeness (QED) is 0.723. The van der Waals surface area contributed by atoms with Crippen molar-refractivity contribution in [2.45, 2.75) is 13.3 Å². The van der Waals surface area contributed by atoms with Crippen LogP contribution in [0.2, 0.25) is 0 Å². The first-order valence-electron chi connectivity index (χ1n) is 7.62. The molecule has 1 amide bonds. The minimum absolute atomic E-state index is 0.134. The summed E-state index contributed by atoms with van der Waals surface area (Å²) in [4.78, 5) is 27.2. The highest BCUT2D eigenvalue weighted by molar-refractivity contribution is 5.98. The van der Waals surface area contributed by atoms with Crippen LogP contribution in [0.25, 0.3) is 10.9 Å². The summed E-state index contributed by atoms with van der Waals surface area (Å²) in [7, 11) is 1.33. The first kappa shape index (κ1) is 15.8. The molecule has 0 fully saturated rings. The Morgan fingerprint density at radius 1 is 1.17 bits per heavy atom. The van der Waals surface area contributed by atoms with Crippen LogP contribution in [0.1, 0.15) is 21.5 Å². The number of nitrogens with one attached hydrogen (secondary N) is 2. The fourth-order valence-electron chi connectivity index (χ4n) is 2.65. The van der Waals surface area contributed by atoms with Crippen molar-refractivity contribution in [2.75, 3.05) is 12.4 Å². The second-order valence-corrected chi connectivity index (χ2v) is 5.61. The third-order valence-electron chi connectivity index (χ3n) is 3.96. The Kier molecular flexibility index (Phi) is 4.33. The molecular formula is C19H18N2O3. The van der Waals surface area contributed by atoms with Crippen LogP contribution in [0, 0.1) is 6.92 Å². The van der Waals surface area contributed by atoms with E-state index in [1.54, 1.807) is 18.2 Å². The second kappa shape index (κ2) is 6.58. The van der Waals surface area contributed by atoms with Gasteiger partial charge in [-0.15, -0.1) is 0 Å². The van der Waals surface area contributed by atoms with Crippen LogP contribution < -0.4 is 5.32 Å². The van der Waals surface area contributed by atoms with Gasteiger partial charge in [0.05, 0.1) is 19.1 Å². The number of benzene rings is 2. The van der Waals surface area contributed by atoms with Crippen molar-refractivity contribution in [3.63, 3.8) is 0 Å². The first-order chi connectivity index (χ1) is 11.6. The predicted octanol–water partition coefficient (Wildman–Crippen LogP) is 3.44. The fourth-order valence-corrected chi connectivity index (χ4v) is 2.65. The van der Waals surface area contributed by atoms with Gasteiger partial charge in [-0.2, -0.15) is 0 Å². The third kappa shape index (κ3) is 3.15. The number of carbonyl (C=O) groups is 2. The molecule has 5 nitrogen and oxygen atoms in total. The molecule has 0 aliphatic heterocycles. The molecule has 5 heteroatoms. The molecule has 3 aromatic rings. The number of aromatic amines is 1. The van der Waals surface area contributed by atoms with Gasteiger partial charge in [0.1, 0.15) is 0 Å². The van der Waals surface area contributed by atoms with E-state index in [-0.39, 0.29) is 12.3 Å². The second-order valence-electron chi connectivity index (χ2n) is 5.61. The number of ether oxygens (including phenoxy) is 1. The maximum absolute atomic E-state index is 12.4. The van der Waals surface area contributed by atoms with Crippen LogP contribution >= 0.6 is 0 Å². The number of esters is 1. The maximum Gasteiger partial charge on any atom is 0.337 e. The normalized spacial score (nSPS) is 10.6. The highest BCUT2D eigenvalue weighted by Crippen LogP contribution is 2.20. The van der Waals surface area contributed by atoms with Crippen LogP contribution in [0.5, 0.6) is 0 Å². The summed E-state index contributed by atoms with van der Waals surface area (Å²) in [5.41, 5.74) is 3.84. The Hall–Kier alpha value is -3.08. The molecule has 0 aliphatic carbocycles. The third-order valence-corrected chi connectivity index (χ3v) is 3.96. The number of H-pyrrole nitrogens is 1. The lowest BCUT2D eigenvalue weighted by Gasteiger charge is -2.10. The Balaban J connectivity index is 1.78. The average molecular weight is 322 g/mol. The molecule has 3 rings (SSSR count). The summed E-state index contributed by atoms with van der Waals surface area (Å²) in [5.74, 6) is -0.563. The van der Waals surface area contributed by atoms with Gasteiger partial charge in [0, 0.05) is 22.8 Å². The molecule has 0 bridgehead atoms. The van der Waals surface area contributed by atoms with Gasteiger partial charge < -0.3 is 15.0 Å². The van der Waals surface area contributed by atoms with Gasteiger partial charge >= 0.3 is 5.97 Å². The number of aryl methyl sites for hydroxylation is 1. The Bertz CT molecular complexity index is 912. The predicted molar refractivity (Wildman–Crippen MR) is 93.2 cm³/mol.